The zero-order valence-electron chi connectivity index (χ0n) is 13.3. The van der Waals surface area contributed by atoms with Crippen molar-refractivity contribution in [3.05, 3.63) is 65.7 Å². The number of ether oxygens (including phenoxy) is 1. The molecule has 1 aliphatic carbocycles. The molecule has 1 amide bonds. The number of hydrogen-bond donors (Lipinski definition) is 2. The standard InChI is InChI=1S/C19H22N2O2/c1-14-6-5-9-16(10-14)20-17-11-18(12-17)21-19(22)23-13-15-7-3-2-4-8-15/h2-10,17-18,20H,11-13H2,1H3,(H,21,22). The lowest BCUT2D eigenvalue weighted by molar-refractivity contribution is 0.129. The van der Waals surface area contributed by atoms with Gasteiger partial charge in [0.2, 0.25) is 0 Å². The maximum Gasteiger partial charge on any atom is 0.407 e. The molecule has 4 nitrogen and oxygen atoms in total. The van der Waals surface area contributed by atoms with Crippen molar-refractivity contribution in [1.82, 2.24) is 5.32 Å². The van der Waals surface area contributed by atoms with Crippen LogP contribution in [0.1, 0.15) is 24.0 Å². The van der Waals surface area contributed by atoms with Gasteiger partial charge in [-0.1, -0.05) is 42.5 Å². The average Bonchev–Trinajstić information content (AvgIpc) is 2.52. The third kappa shape index (κ3) is 4.49. The Morgan fingerprint density at radius 1 is 1.09 bits per heavy atom. The number of benzene rings is 2. The highest BCUT2D eigenvalue weighted by Crippen LogP contribution is 2.24. The van der Waals surface area contributed by atoms with Gasteiger partial charge in [-0.05, 0) is 43.0 Å². The number of amides is 1. The maximum atomic E-state index is 11.8. The minimum atomic E-state index is -0.340. The number of anilines is 1. The van der Waals surface area contributed by atoms with E-state index in [4.69, 9.17) is 4.74 Å². The number of aryl methyl sites for hydroxylation is 1. The third-order valence-corrected chi connectivity index (χ3v) is 4.06. The number of carbonyl (C=O) groups excluding carboxylic acids is 1. The monoisotopic (exact) mass is 310 g/mol. The molecular weight excluding hydrogens is 288 g/mol. The van der Waals surface area contributed by atoms with E-state index in [0.29, 0.717) is 12.6 Å². The fourth-order valence-corrected chi connectivity index (χ4v) is 2.76. The number of nitrogens with one attached hydrogen (secondary N) is 2. The van der Waals surface area contributed by atoms with Crippen molar-refractivity contribution in [2.24, 2.45) is 0 Å². The number of alkyl carbamates (subject to hydrolysis) is 1. The first-order valence-electron chi connectivity index (χ1n) is 7.99. The number of hydrogen-bond acceptors (Lipinski definition) is 3. The van der Waals surface area contributed by atoms with Gasteiger partial charge in [-0.2, -0.15) is 0 Å². The second-order valence-corrected chi connectivity index (χ2v) is 6.09. The Morgan fingerprint density at radius 3 is 2.61 bits per heavy atom. The van der Waals surface area contributed by atoms with Gasteiger partial charge < -0.3 is 15.4 Å². The molecule has 2 N–H and O–H groups in total. The van der Waals surface area contributed by atoms with Crippen molar-refractivity contribution >= 4 is 11.8 Å². The third-order valence-electron chi connectivity index (χ3n) is 4.06. The van der Waals surface area contributed by atoms with E-state index in [0.717, 1.165) is 24.1 Å². The summed E-state index contributed by atoms with van der Waals surface area (Å²) in [7, 11) is 0. The summed E-state index contributed by atoms with van der Waals surface area (Å²) >= 11 is 0. The van der Waals surface area contributed by atoms with Gasteiger partial charge in [0.1, 0.15) is 6.61 Å². The van der Waals surface area contributed by atoms with E-state index >= 15 is 0 Å². The lowest BCUT2D eigenvalue weighted by atomic mass is 9.86. The molecule has 1 fully saturated rings. The van der Waals surface area contributed by atoms with Crippen molar-refractivity contribution in [2.75, 3.05) is 5.32 Å². The van der Waals surface area contributed by atoms with Crippen LogP contribution in [0.3, 0.4) is 0 Å². The van der Waals surface area contributed by atoms with Crippen molar-refractivity contribution in [2.45, 2.75) is 38.5 Å². The van der Waals surface area contributed by atoms with Crippen LogP contribution in [0.5, 0.6) is 0 Å². The predicted molar refractivity (Wildman–Crippen MR) is 91.4 cm³/mol. The van der Waals surface area contributed by atoms with E-state index in [1.165, 1.54) is 5.56 Å². The molecule has 0 aromatic heterocycles. The largest absolute Gasteiger partial charge is 0.445 e. The van der Waals surface area contributed by atoms with E-state index in [2.05, 4.69) is 35.8 Å². The van der Waals surface area contributed by atoms with Crippen molar-refractivity contribution in [3.8, 4) is 0 Å². The van der Waals surface area contributed by atoms with Crippen molar-refractivity contribution in [1.29, 1.82) is 0 Å². The molecule has 2 aromatic carbocycles. The van der Waals surface area contributed by atoms with Gasteiger partial charge in [-0.15, -0.1) is 0 Å². The highest BCUT2D eigenvalue weighted by Gasteiger charge is 2.30. The van der Waals surface area contributed by atoms with Crippen molar-refractivity contribution < 1.29 is 9.53 Å². The van der Waals surface area contributed by atoms with Gasteiger partial charge in [0.15, 0.2) is 0 Å². The van der Waals surface area contributed by atoms with Crippen molar-refractivity contribution in [3.63, 3.8) is 0 Å². The SMILES string of the molecule is Cc1cccc(NC2CC(NC(=O)OCc3ccccc3)C2)c1. The Morgan fingerprint density at radius 2 is 1.87 bits per heavy atom. The molecule has 0 radical (unpaired) electrons. The maximum absolute atomic E-state index is 11.8. The molecule has 3 rings (SSSR count). The molecule has 4 heteroatoms. The lowest BCUT2D eigenvalue weighted by Crippen LogP contribution is -2.49. The zero-order valence-corrected chi connectivity index (χ0v) is 13.3. The second kappa shape index (κ2) is 7.18. The Bertz CT molecular complexity index is 651. The molecule has 0 bridgehead atoms. The van der Waals surface area contributed by atoms with Crippen LogP contribution in [-0.2, 0) is 11.3 Å². The van der Waals surface area contributed by atoms with E-state index < -0.39 is 0 Å². The van der Waals surface area contributed by atoms with Gasteiger partial charge in [0.05, 0.1) is 0 Å². The summed E-state index contributed by atoms with van der Waals surface area (Å²) in [6.45, 7) is 2.39. The summed E-state index contributed by atoms with van der Waals surface area (Å²) in [5.74, 6) is 0. The van der Waals surface area contributed by atoms with Gasteiger partial charge >= 0.3 is 6.09 Å². The smallest absolute Gasteiger partial charge is 0.407 e. The molecule has 0 aliphatic heterocycles. The Labute approximate surface area is 136 Å². The lowest BCUT2D eigenvalue weighted by Gasteiger charge is -2.36. The van der Waals surface area contributed by atoms with Gasteiger partial charge in [-0.3, -0.25) is 0 Å². The van der Waals surface area contributed by atoms with E-state index in [1.807, 2.05) is 36.4 Å². The Balaban J connectivity index is 1.36. The quantitative estimate of drug-likeness (QED) is 0.881. The summed E-state index contributed by atoms with van der Waals surface area (Å²) in [6.07, 6.45) is 1.51. The number of rotatable bonds is 5. The first kappa shape index (κ1) is 15.4. The molecular formula is C19H22N2O2. The first-order chi connectivity index (χ1) is 11.2. The normalized spacial score (nSPS) is 19.5. The second-order valence-electron chi connectivity index (χ2n) is 6.09. The summed E-state index contributed by atoms with van der Waals surface area (Å²) < 4.78 is 5.23. The van der Waals surface area contributed by atoms with Crippen LogP contribution in [0, 0.1) is 6.92 Å². The summed E-state index contributed by atoms with van der Waals surface area (Å²) in [6, 6.07) is 18.6. The summed E-state index contributed by atoms with van der Waals surface area (Å²) in [5, 5.41) is 6.40. The van der Waals surface area contributed by atoms with E-state index in [1.54, 1.807) is 0 Å². The molecule has 0 spiro atoms. The minimum Gasteiger partial charge on any atom is -0.445 e. The van der Waals surface area contributed by atoms with Gasteiger partial charge in [0, 0.05) is 17.8 Å². The number of carbonyl (C=O) groups is 1. The fraction of sp³-hybridized carbons (Fsp3) is 0.316. The van der Waals surface area contributed by atoms with Crippen LogP contribution < -0.4 is 10.6 Å². The highest BCUT2D eigenvalue weighted by molar-refractivity contribution is 5.67. The van der Waals surface area contributed by atoms with Crippen LogP contribution >= 0.6 is 0 Å². The fourth-order valence-electron chi connectivity index (χ4n) is 2.76. The highest BCUT2D eigenvalue weighted by atomic mass is 16.5. The van der Waals surface area contributed by atoms with E-state index in [9.17, 15) is 4.79 Å². The molecule has 0 unspecified atom stereocenters. The topological polar surface area (TPSA) is 50.4 Å². The van der Waals surface area contributed by atoms with E-state index in [-0.39, 0.29) is 12.1 Å². The van der Waals surface area contributed by atoms with Crippen LogP contribution in [0.2, 0.25) is 0 Å². The molecule has 1 saturated carbocycles. The van der Waals surface area contributed by atoms with Crippen LogP contribution in [0.25, 0.3) is 0 Å². The summed E-state index contributed by atoms with van der Waals surface area (Å²) in [5.41, 5.74) is 3.38. The first-order valence-corrected chi connectivity index (χ1v) is 7.99. The molecule has 23 heavy (non-hydrogen) atoms. The summed E-state index contributed by atoms with van der Waals surface area (Å²) in [4.78, 5) is 11.8. The molecule has 0 atom stereocenters. The molecule has 1 aliphatic rings. The molecule has 2 aromatic rings. The average molecular weight is 310 g/mol. The minimum absolute atomic E-state index is 0.195. The Kier molecular flexibility index (Phi) is 4.81. The Hall–Kier alpha value is -2.49. The van der Waals surface area contributed by atoms with Gasteiger partial charge in [0.25, 0.3) is 0 Å². The molecule has 120 valence electrons. The zero-order chi connectivity index (χ0) is 16.1. The van der Waals surface area contributed by atoms with Gasteiger partial charge in [-0.25, -0.2) is 4.79 Å². The van der Waals surface area contributed by atoms with Crippen LogP contribution in [0.4, 0.5) is 10.5 Å². The van der Waals surface area contributed by atoms with Crippen LogP contribution in [0.15, 0.2) is 54.6 Å². The molecule has 0 saturated heterocycles. The predicted octanol–water partition coefficient (Wildman–Crippen LogP) is 3.86. The van der Waals surface area contributed by atoms with Crippen LogP contribution in [-0.4, -0.2) is 18.2 Å². The molecule has 0 heterocycles.